The highest BCUT2D eigenvalue weighted by atomic mass is 16.5. The standard InChI is InChI=1S/C15H33NO/c1-5-7-8-9-10-11-12-17-15(6-2)13-16-14(3)4/h14-16H,5-13H2,1-4H3. The molecule has 17 heavy (non-hydrogen) atoms. The fourth-order valence-corrected chi connectivity index (χ4v) is 1.82. The molecule has 0 aliphatic rings. The van der Waals surface area contributed by atoms with Crippen molar-refractivity contribution >= 4 is 0 Å². The summed E-state index contributed by atoms with van der Waals surface area (Å²) in [5, 5.41) is 3.44. The molecule has 1 unspecified atom stereocenters. The van der Waals surface area contributed by atoms with Crippen LogP contribution in [0.2, 0.25) is 0 Å². The number of hydrogen-bond acceptors (Lipinski definition) is 2. The topological polar surface area (TPSA) is 21.3 Å². The van der Waals surface area contributed by atoms with Crippen molar-refractivity contribution in [3.8, 4) is 0 Å². The highest BCUT2D eigenvalue weighted by Gasteiger charge is 2.06. The number of unbranched alkanes of at least 4 members (excludes halogenated alkanes) is 5. The summed E-state index contributed by atoms with van der Waals surface area (Å²) in [6.07, 6.45) is 9.53. The second-order valence-electron chi connectivity index (χ2n) is 5.23. The van der Waals surface area contributed by atoms with Gasteiger partial charge in [0.15, 0.2) is 0 Å². The minimum atomic E-state index is 0.396. The molecule has 0 saturated carbocycles. The summed E-state index contributed by atoms with van der Waals surface area (Å²) in [5.74, 6) is 0. The van der Waals surface area contributed by atoms with Gasteiger partial charge in [0.1, 0.15) is 0 Å². The molecule has 0 bridgehead atoms. The number of hydrogen-bond donors (Lipinski definition) is 1. The van der Waals surface area contributed by atoms with E-state index in [2.05, 4.69) is 33.0 Å². The van der Waals surface area contributed by atoms with Gasteiger partial charge in [-0.2, -0.15) is 0 Å². The lowest BCUT2D eigenvalue weighted by molar-refractivity contribution is 0.0469. The van der Waals surface area contributed by atoms with E-state index in [1.54, 1.807) is 0 Å². The Balaban J connectivity index is 3.31. The van der Waals surface area contributed by atoms with Crippen molar-refractivity contribution in [2.75, 3.05) is 13.2 Å². The summed E-state index contributed by atoms with van der Waals surface area (Å²) in [4.78, 5) is 0. The Morgan fingerprint density at radius 2 is 1.59 bits per heavy atom. The highest BCUT2D eigenvalue weighted by Crippen LogP contribution is 2.06. The fraction of sp³-hybridized carbons (Fsp3) is 1.00. The molecule has 0 rings (SSSR count). The first kappa shape index (κ1) is 16.9. The largest absolute Gasteiger partial charge is 0.377 e. The van der Waals surface area contributed by atoms with Gasteiger partial charge in [0, 0.05) is 19.2 Å². The predicted octanol–water partition coefficient (Wildman–Crippen LogP) is 4.14. The van der Waals surface area contributed by atoms with Crippen LogP contribution in [0.25, 0.3) is 0 Å². The Hall–Kier alpha value is -0.0800. The van der Waals surface area contributed by atoms with Crippen molar-refractivity contribution in [3.63, 3.8) is 0 Å². The first-order valence-electron chi connectivity index (χ1n) is 7.55. The SMILES string of the molecule is CCCCCCCCOC(CC)CNC(C)C. The van der Waals surface area contributed by atoms with Gasteiger partial charge in [0.05, 0.1) is 6.10 Å². The molecule has 0 fully saturated rings. The smallest absolute Gasteiger partial charge is 0.0696 e. The summed E-state index contributed by atoms with van der Waals surface area (Å²) >= 11 is 0. The monoisotopic (exact) mass is 243 g/mol. The molecule has 0 aromatic rings. The molecular formula is C15H33NO. The Bertz CT molecular complexity index is 148. The summed E-state index contributed by atoms with van der Waals surface area (Å²) in [6, 6.07) is 0.557. The van der Waals surface area contributed by atoms with Crippen molar-refractivity contribution in [3.05, 3.63) is 0 Å². The Kier molecular flexibility index (Phi) is 12.3. The van der Waals surface area contributed by atoms with E-state index in [-0.39, 0.29) is 0 Å². The van der Waals surface area contributed by atoms with Crippen LogP contribution in [-0.2, 0) is 4.74 Å². The summed E-state index contributed by atoms with van der Waals surface area (Å²) < 4.78 is 5.89. The fourth-order valence-electron chi connectivity index (χ4n) is 1.82. The lowest BCUT2D eigenvalue weighted by Crippen LogP contribution is -2.33. The van der Waals surface area contributed by atoms with Crippen LogP contribution in [0.3, 0.4) is 0 Å². The van der Waals surface area contributed by atoms with Crippen LogP contribution in [0.4, 0.5) is 0 Å². The van der Waals surface area contributed by atoms with Gasteiger partial charge in [-0.15, -0.1) is 0 Å². The number of rotatable bonds is 12. The van der Waals surface area contributed by atoms with Crippen LogP contribution in [0.5, 0.6) is 0 Å². The van der Waals surface area contributed by atoms with E-state index >= 15 is 0 Å². The molecule has 0 aliphatic carbocycles. The molecule has 1 atom stereocenters. The second kappa shape index (κ2) is 12.4. The molecule has 0 aromatic heterocycles. The minimum absolute atomic E-state index is 0.396. The summed E-state index contributed by atoms with van der Waals surface area (Å²) in [5.41, 5.74) is 0. The second-order valence-corrected chi connectivity index (χ2v) is 5.23. The van der Waals surface area contributed by atoms with Crippen molar-refractivity contribution < 1.29 is 4.74 Å². The zero-order chi connectivity index (χ0) is 12.9. The Labute approximate surface area is 109 Å². The third kappa shape index (κ3) is 12.2. The van der Waals surface area contributed by atoms with E-state index in [1.807, 2.05) is 0 Å². The maximum absolute atomic E-state index is 5.89. The van der Waals surface area contributed by atoms with Crippen molar-refractivity contribution in [1.82, 2.24) is 5.32 Å². The van der Waals surface area contributed by atoms with Crippen LogP contribution in [-0.4, -0.2) is 25.3 Å². The van der Waals surface area contributed by atoms with E-state index in [0.717, 1.165) is 19.6 Å². The zero-order valence-electron chi connectivity index (χ0n) is 12.4. The lowest BCUT2D eigenvalue weighted by Gasteiger charge is -2.18. The van der Waals surface area contributed by atoms with Crippen molar-refractivity contribution in [2.45, 2.75) is 84.8 Å². The van der Waals surface area contributed by atoms with Gasteiger partial charge in [-0.1, -0.05) is 59.8 Å². The van der Waals surface area contributed by atoms with E-state index in [1.165, 1.54) is 38.5 Å². The van der Waals surface area contributed by atoms with E-state index in [9.17, 15) is 0 Å². The maximum atomic E-state index is 5.89. The lowest BCUT2D eigenvalue weighted by atomic mass is 10.1. The molecule has 104 valence electrons. The zero-order valence-corrected chi connectivity index (χ0v) is 12.4. The Morgan fingerprint density at radius 1 is 0.941 bits per heavy atom. The molecule has 0 radical (unpaired) electrons. The molecule has 0 spiro atoms. The van der Waals surface area contributed by atoms with Crippen molar-refractivity contribution in [1.29, 1.82) is 0 Å². The average Bonchev–Trinajstić information content (AvgIpc) is 2.31. The highest BCUT2D eigenvalue weighted by molar-refractivity contribution is 4.62. The Morgan fingerprint density at radius 3 is 2.18 bits per heavy atom. The van der Waals surface area contributed by atoms with Crippen LogP contribution in [0, 0.1) is 0 Å². The van der Waals surface area contributed by atoms with Crippen LogP contribution >= 0.6 is 0 Å². The van der Waals surface area contributed by atoms with Gasteiger partial charge in [-0.3, -0.25) is 0 Å². The van der Waals surface area contributed by atoms with E-state index < -0.39 is 0 Å². The first-order valence-corrected chi connectivity index (χ1v) is 7.55. The molecule has 0 heterocycles. The van der Waals surface area contributed by atoms with Crippen molar-refractivity contribution in [2.24, 2.45) is 0 Å². The third-order valence-corrected chi connectivity index (χ3v) is 3.06. The average molecular weight is 243 g/mol. The quantitative estimate of drug-likeness (QED) is 0.520. The number of ether oxygens (including phenoxy) is 1. The number of nitrogens with one attached hydrogen (secondary N) is 1. The molecule has 0 saturated heterocycles. The molecule has 1 N–H and O–H groups in total. The van der Waals surface area contributed by atoms with Gasteiger partial charge in [-0.05, 0) is 12.8 Å². The van der Waals surface area contributed by atoms with Gasteiger partial charge >= 0.3 is 0 Å². The predicted molar refractivity (Wildman–Crippen MR) is 76.5 cm³/mol. The molecule has 2 nitrogen and oxygen atoms in total. The molecule has 2 heteroatoms. The van der Waals surface area contributed by atoms with Crippen LogP contribution in [0.15, 0.2) is 0 Å². The first-order chi connectivity index (χ1) is 8.20. The van der Waals surface area contributed by atoms with Gasteiger partial charge in [0.25, 0.3) is 0 Å². The molecule has 0 amide bonds. The van der Waals surface area contributed by atoms with E-state index in [0.29, 0.717) is 12.1 Å². The van der Waals surface area contributed by atoms with E-state index in [4.69, 9.17) is 4.74 Å². The van der Waals surface area contributed by atoms with Crippen LogP contribution in [0.1, 0.15) is 72.6 Å². The van der Waals surface area contributed by atoms with Gasteiger partial charge in [0.2, 0.25) is 0 Å². The van der Waals surface area contributed by atoms with Gasteiger partial charge in [-0.25, -0.2) is 0 Å². The normalized spacial score (nSPS) is 13.2. The van der Waals surface area contributed by atoms with Gasteiger partial charge < -0.3 is 10.1 Å². The maximum Gasteiger partial charge on any atom is 0.0696 e. The third-order valence-electron chi connectivity index (χ3n) is 3.06. The summed E-state index contributed by atoms with van der Waals surface area (Å²) in [6.45, 7) is 10.7. The molecule has 0 aromatic carbocycles. The van der Waals surface area contributed by atoms with Crippen LogP contribution < -0.4 is 5.32 Å². The molecular weight excluding hydrogens is 210 g/mol. The minimum Gasteiger partial charge on any atom is -0.377 e. The molecule has 0 aliphatic heterocycles. The summed E-state index contributed by atoms with van der Waals surface area (Å²) in [7, 11) is 0.